The molecule has 0 unspecified atom stereocenters. The van der Waals surface area contributed by atoms with Crippen LogP contribution in [-0.4, -0.2) is 47.7 Å². The van der Waals surface area contributed by atoms with Crippen LogP contribution in [0, 0.1) is 6.92 Å². The average Bonchev–Trinajstić information content (AvgIpc) is 3.25. The molecule has 1 fully saturated rings. The smallest absolute Gasteiger partial charge is 0.238 e. The van der Waals surface area contributed by atoms with E-state index in [1.165, 1.54) is 0 Å². The minimum atomic E-state index is -0.0403. The van der Waals surface area contributed by atoms with Gasteiger partial charge in [0.15, 0.2) is 0 Å². The van der Waals surface area contributed by atoms with Gasteiger partial charge in [0.2, 0.25) is 17.6 Å². The van der Waals surface area contributed by atoms with E-state index in [0.29, 0.717) is 29.7 Å². The summed E-state index contributed by atoms with van der Waals surface area (Å²) in [4.78, 5) is 19.3. The zero-order valence-electron chi connectivity index (χ0n) is 17.3. The Hall–Kier alpha value is -3.19. The number of nitrogens with zero attached hydrogens (tertiary/aromatic N) is 3. The fourth-order valence-electron chi connectivity index (χ4n) is 3.76. The van der Waals surface area contributed by atoms with Gasteiger partial charge in [-0.25, -0.2) is 0 Å². The van der Waals surface area contributed by atoms with Crippen LogP contribution in [0.15, 0.2) is 53.1 Å². The Balaban J connectivity index is 1.30. The van der Waals surface area contributed by atoms with Crippen molar-refractivity contribution in [3.8, 4) is 17.1 Å². The third-order valence-electron chi connectivity index (χ3n) is 5.41. The third-order valence-corrected chi connectivity index (χ3v) is 5.41. The number of nitrogens with one attached hydrogen (secondary N) is 1. The van der Waals surface area contributed by atoms with E-state index in [1.807, 2.05) is 55.5 Å². The van der Waals surface area contributed by atoms with Gasteiger partial charge in [-0.3, -0.25) is 9.69 Å². The molecule has 1 saturated heterocycles. The molecule has 3 aromatic rings. The van der Waals surface area contributed by atoms with Crippen LogP contribution < -0.4 is 10.1 Å². The van der Waals surface area contributed by atoms with Crippen molar-refractivity contribution in [3.63, 3.8) is 0 Å². The molecule has 156 valence electrons. The van der Waals surface area contributed by atoms with Crippen molar-refractivity contribution in [2.45, 2.75) is 25.7 Å². The van der Waals surface area contributed by atoms with Crippen molar-refractivity contribution < 1.29 is 14.1 Å². The van der Waals surface area contributed by atoms with Crippen LogP contribution in [-0.2, 0) is 4.79 Å². The lowest BCUT2D eigenvalue weighted by Crippen LogP contribution is -2.38. The number of likely N-dealkylation sites (tertiary alicyclic amines) is 1. The predicted molar refractivity (Wildman–Crippen MR) is 115 cm³/mol. The van der Waals surface area contributed by atoms with Gasteiger partial charge in [-0.15, -0.1) is 0 Å². The van der Waals surface area contributed by atoms with Gasteiger partial charge in [-0.2, -0.15) is 4.98 Å². The van der Waals surface area contributed by atoms with E-state index in [1.54, 1.807) is 7.11 Å². The minimum Gasteiger partial charge on any atom is -0.495 e. The Bertz CT molecular complexity index is 995. The highest BCUT2D eigenvalue weighted by molar-refractivity contribution is 5.93. The summed E-state index contributed by atoms with van der Waals surface area (Å²) in [5, 5.41) is 7.09. The number of rotatable bonds is 6. The SMILES string of the molecule is COc1ccc(C)cc1NC(=O)CN1CCC(c2nc(-c3ccccc3)no2)CC1. The van der Waals surface area contributed by atoms with Crippen LogP contribution in [0.2, 0.25) is 0 Å². The number of hydrogen-bond donors (Lipinski definition) is 1. The van der Waals surface area contributed by atoms with Gasteiger partial charge >= 0.3 is 0 Å². The van der Waals surface area contributed by atoms with Crippen molar-refractivity contribution in [1.82, 2.24) is 15.0 Å². The molecule has 7 nitrogen and oxygen atoms in total. The molecule has 0 atom stereocenters. The van der Waals surface area contributed by atoms with Crippen molar-refractivity contribution in [2.75, 3.05) is 32.1 Å². The monoisotopic (exact) mass is 406 g/mol. The molecule has 2 aromatic carbocycles. The molecular formula is C23H26N4O3. The molecular weight excluding hydrogens is 380 g/mol. The number of carbonyl (C=O) groups excluding carboxylic acids is 1. The molecule has 0 aliphatic carbocycles. The quantitative estimate of drug-likeness (QED) is 0.669. The van der Waals surface area contributed by atoms with Gasteiger partial charge in [0.1, 0.15) is 5.75 Å². The maximum absolute atomic E-state index is 12.5. The summed E-state index contributed by atoms with van der Waals surface area (Å²) in [5.41, 5.74) is 2.73. The van der Waals surface area contributed by atoms with E-state index in [2.05, 4.69) is 20.4 Å². The Morgan fingerprint density at radius 1 is 1.20 bits per heavy atom. The lowest BCUT2D eigenvalue weighted by Gasteiger charge is -2.29. The largest absolute Gasteiger partial charge is 0.495 e. The Morgan fingerprint density at radius 3 is 2.70 bits per heavy atom. The van der Waals surface area contributed by atoms with E-state index >= 15 is 0 Å². The second-order valence-corrected chi connectivity index (χ2v) is 7.62. The first-order valence-electron chi connectivity index (χ1n) is 10.2. The number of aryl methyl sites for hydroxylation is 1. The molecule has 30 heavy (non-hydrogen) atoms. The molecule has 1 amide bonds. The van der Waals surface area contributed by atoms with Crippen LogP contribution >= 0.6 is 0 Å². The summed E-state index contributed by atoms with van der Waals surface area (Å²) in [6, 6.07) is 15.6. The van der Waals surface area contributed by atoms with Crippen molar-refractivity contribution in [2.24, 2.45) is 0 Å². The highest BCUT2D eigenvalue weighted by Crippen LogP contribution is 2.29. The van der Waals surface area contributed by atoms with Crippen LogP contribution in [0.3, 0.4) is 0 Å². The summed E-state index contributed by atoms with van der Waals surface area (Å²) in [5.74, 6) is 2.16. The van der Waals surface area contributed by atoms with Crippen LogP contribution in [0.5, 0.6) is 5.75 Å². The topological polar surface area (TPSA) is 80.5 Å². The molecule has 1 N–H and O–H groups in total. The zero-order chi connectivity index (χ0) is 20.9. The number of carbonyl (C=O) groups is 1. The number of benzene rings is 2. The lowest BCUT2D eigenvalue weighted by atomic mass is 9.97. The van der Waals surface area contributed by atoms with E-state index < -0.39 is 0 Å². The van der Waals surface area contributed by atoms with Crippen LogP contribution in [0.1, 0.15) is 30.2 Å². The number of methoxy groups -OCH3 is 1. The van der Waals surface area contributed by atoms with E-state index in [4.69, 9.17) is 9.26 Å². The number of anilines is 1. The van der Waals surface area contributed by atoms with Gasteiger partial charge in [-0.05, 0) is 50.6 Å². The standard InChI is InChI=1S/C23H26N4O3/c1-16-8-9-20(29-2)19(14-16)24-21(28)15-27-12-10-18(11-13-27)23-25-22(26-30-23)17-6-4-3-5-7-17/h3-9,14,18H,10-13,15H2,1-2H3,(H,24,28). The summed E-state index contributed by atoms with van der Waals surface area (Å²) in [7, 11) is 1.60. The number of aromatic nitrogens is 2. The number of ether oxygens (including phenoxy) is 1. The van der Waals surface area contributed by atoms with Crippen LogP contribution in [0.4, 0.5) is 5.69 Å². The van der Waals surface area contributed by atoms with Gasteiger partial charge < -0.3 is 14.6 Å². The predicted octanol–water partition coefficient (Wildman–Crippen LogP) is 3.87. The summed E-state index contributed by atoms with van der Waals surface area (Å²) in [6.45, 7) is 3.96. The van der Waals surface area contributed by atoms with E-state index in [0.717, 1.165) is 37.1 Å². The van der Waals surface area contributed by atoms with Gasteiger partial charge in [0, 0.05) is 11.5 Å². The second kappa shape index (κ2) is 9.09. The van der Waals surface area contributed by atoms with E-state index in [-0.39, 0.29) is 11.8 Å². The minimum absolute atomic E-state index is 0.0403. The molecule has 0 saturated carbocycles. The van der Waals surface area contributed by atoms with E-state index in [9.17, 15) is 4.79 Å². The maximum atomic E-state index is 12.5. The third kappa shape index (κ3) is 4.68. The first-order valence-corrected chi connectivity index (χ1v) is 10.2. The van der Waals surface area contributed by atoms with Crippen molar-refractivity contribution >= 4 is 11.6 Å². The normalized spacial score (nSPS) is 15.1. The summed E-state index contributed by atoms with van der Waals surface area (Å²) >= 11 is 0. The lowest BCUT2D eigenvalue weighted by molar-refractivity contribution is -0.117. The second-order valence-electron chi connectivity index (χ2n) is 7.62. The van der Waals surface area contributed by atoms with Gasteiger partial charge in [0.25, 0.3) is 0 Å². The number of amides is 1. The number of piperidine rings is 1. The fourth-order valence-corrected chi connectivity index (χ4v) is 3.76. The Labute approximate surface area is 176 Å². The van der Waals surface area contributed by atoms with Crippen molar-refractivity contribution in [1.29, 1.82) is 0 Å². The maximum Gasteiger partial charge on any atom is 0.238 e. The Morgan fingerprint density at radius 2 is 1.97 bits per heavy atom. The van der Waals surface area contributed by atoms with Gasteiger partial charge in [0.05, 0.1) is 19.3 Å². The average molecular weight is 406 g/mol. The molecule has 0 radical (unpaired) electrons. The van der Waals surface area contributed by atoms with Crippen LogP contribution in [0.25, 0.3) is 11.4 Å². The summed E-state index contributed by atoms with van der Waals surface area (Å²) < 4.78 is 10.9. The number of hydrogen-bond acceptors (Lipinski definition) is 6. The molecule has 0 spiro atoms. The first kappa shape index (κ1) is 20.1. The molecule has 1 aliphatic rings. The summed E-state index contributed by atoms with van der Waals surface area (Å²) in [6.07, 6.45) is 1.77. The molecule has 1 aliphatic heterocycles. The highest BCUT2D eigenvalue weighted by Gasteiger charge is 2.26. The zero-order valence-corrected chi connectivity index (χ0v) is 17.3. The molecule has 1 aromatic heterocycles. The molecule has 4 rings (SSSR count). The Kier molecular flexibility index (Phi) is 6.09. The highest BCUT2D eigenvalue weighted by atomic mass is 16.5. The van der Waals surface area contributed by atoms with Gasteiger partial charge in [-0.1, -0.05) is 41.6 Å². The molecule has 7 heteroatoms. The molecule has 2 heterocycles. The fraction of sp³-hybridized carbons (Fsp3) is 0.348. The van der Waals surface area contributed by atoms with Crippen molar-refractivity contribution in [3.05, 3.63) is 60.0 Å². The first-order chi connectivity index (χ1) is 14.6. The molecule has 0 bridgehead atoms.